The van der Waals surface area contributed by atoms with E-state index in [1.807, 2.05) is 49.4 Å². The molecule has 1 atom stereocenters. The van der Waals surface area contributed by atoms with Gasteiger partial charge in [0, 0.05) is 23.1 Å². The molecule has 150 valence electrons. The minimum absolute atomic E-state index is 0.161. The summed E-state index contributed by atoms with van der Waals surface area (Å²) in [5.41, 5.74) is 2.64. The molecule has 2 N–H and O–H groups in total. The molecule has 2 rings (SSSR count). The molecule has 7 heteroatoms. The highest BCUT2D eigenvalue weighted by molar-refractivity contribution is 9.10. The van der Waals surface area contributed by atoms with Gasteiger partial charge in [-0.1, -0.05) is 34.1 Å². The van der Waals surface area contributed by atoms with Gasteiger partial charge in [0.2, 0.25) is 11.8 Å². The first-order valence-electron chi connectivity index (χ1n) is 8.97. The van der Waals surface area contributed by atoms with Gasteiger partial charge < -0.3 is 20.1 Å². The lowest BCUT2D eigenvalue weighted by Gasteiger charge is -2.14. The monoisotopic (exact) mass is 448 g/mol. The van der Waals surface area contributed by atoms with Crippen LogP contribution >= 0.6 is 15.9 Å². The van der Waals surface area contributed by atoms with Gasteiger partial charge in [0.15, 0.2) is 0 Å². The molecule has 0 aliphatic heterocycles. The second kappa shape index (κ2) is 10.8. The van der Waals surface area contributed by atoms with Crippen LogP contribution in [0.15, 0.2) is 46.9 Å². The Bertz CT molecular complexity index is 826. The number of methoxy groups -OCH3 is 1. The molecule has 0 heterocycles. The van der Waals surface area contributed by atoms with Crippen LogP contribution in [0, 0.1) is 6.92 Å². The van der Waals surface area contributed by atoms with Gasteiger partial charge in [0.25, 0.3) is 0 Å². The predicted molar refractivity (Wildman–Crippen MR) is 112 cm³/mol. The summed E-state index contributed by atoms with van der Waals surface area (Å²) in [6.07, 6.45) is -0.443. The van der Waals surface area contributed by atoms with Gasteiger partial charge in [-0.3, -0.25) is 9.59 Å². The Labute approximate surface area is 173 Å². The Morgan fingerprint density at radius 1 is 1.18 bits per heavy atom. The van der Waals surface area contributed by atoms with Gasteiger partial charge in [-0.25, -0.2) is 0 Å². The second-order valence-corrected chi connectivity index (χ2v) is 7.27. The van der Waals surface area contributed by atoms with Gasteiger partial charge in [-0.2, -0.15) is 0 Å². The van der Waals surface area contributed by atoms with Crippen molar-refractivity contribution in [1.29, 1.82) is 0 Å². The quantitative estimate of drug-likeness (QED) is 0.611. The summed E-state index contributed by atoms with van der Waals surface area (Å²) in [4.78, 5) is 24.2. The summed E-state index contributed by atoms with van der Waals surface area (Å²) in [7, 11) is 1.60. The molecule has 0 saturated heterocycles. The van der Waals surface area contributed by atoms with E-state index in [1.54, 1.807) is 14.0 Å². The summed E-state index contributed by atoms with van der Waals surface area (Å²) >= 11 is 3.38. The van der Waals surface area contributed by atoms with E-state index in [2.05, 4.69) is 26.6 Å². The lowest BCUT2D eigenvalue weighted by Crippen LogP contribution is -2.36. The van der Waals surface area contributed by atoms with Crippen molar-refractivity contribution in [2.24, 2.45) is 0 Å². The fourth-order valence-electron chi connectivity index (χ4n) is 2.44. The van der Waals surface area contributed by atoms with Crippen molar-refractivity contribution in [3.63, 3.8) is 0 Å². The van der Waals surface area contributed by atoms with E-state index in [0.717, 1.165) is 27.0 Å². The number of rotatable bonds is 9. The maximum atomic E-state index is 12.1. The van der Waals surface area contributed by atoms with Gasteiger partial charge in [0.05, 0.1) is 13.7 Å². The van der Waals surface area contributed by atoms with Crippen LogP contribution in [0.25, 0.3) is 0 Å². The fraction of sp³-hybridized carbons (Fsp3) is 0.333. The van der Waals surface area contributed by atoms with Crippen LogP contribution < -0.4 is 15.4 Å². The van der Waals surface area contributed by atoms with Crippen molar-refractivity contribution in [2.45, 2.75) is 33.0 Å². The average molecular weight is 449 g/mol. The zero-order valence-electron chi connectivity index (χ0n) is 16.3. The standard InChI is InChI=1S/C21H25BrN2O4/c1-14-7-8-17(22)12-19(14)24-20(25)9-10-23-21(26)15(2)28-13-16-5-4-6-18(11-16)27-3/h4-8,11-12,15H,9-10,13H2,1-3H3,(H,23,26)(H,24,25). The molecule has 0 radical (unpaired) electrons. The van der Waals surface area contributed by atoms with E-state index in [9.17, 15) is 9.59 Å². The molecule has 0 spiro atoms. The predicted octanol–water partition coefficient (Wildman–Crippen LogP) is 3.82. The van der Waals surface area contributed by atoms with Crippen molar-refractivity contribution in [3.8, 4) is 5.75 Å². The number of halogens is 1. The first-order valence-corrected chi connectivity index (χ1v) is 9.76. The molecular weight excluding hydrogens is 424 g/mol. The second-order valence-electron chi connectivity index (χ2n) is 6.35. The van der Waals surface area contributed by atoms with E-state index in [0.29, 0.717) is 6.61 Å². The first-order chi connectivity index (χ1) is 13.4. The number of anilines is 1. The number of hydrogen-bond donors (Lipinski definition) is 2. The number of carbonyl (C=O) groups is 2. The summed E-state index contributed by atoms with van der Waals surface area (Å²) in [6.45, 7) is 4.14. The minimum atomic E-state index is -0.624. The topological polar surface area (TPSA) is 76.7 Å². The molecule has 2 aromatic rings. The smallest absolute Gasteiger partial charge is 0.248 e. The molecule has 28 heavy (non-hydrogen) atoms. The highest BCUT2D eigenvalue weighted by atomic mass is 79.9. The molecule has 0 saturated carbocycles. The maximum absolute atomic E-state index is 12.1. The molecule has 0 aromatic heterocycles. The van der Waals surface area contributed by atoms with Gasteiger partial charge in [0.1, 0.15) is 11.9 Å². The van der Waals surface area contributed by atoms with Crippen LogP contribution in [-0.4, -0.2) is 31.6 Å². The van der Waals surface area contributed by atoms with Crippen LogP contribution in [0.1, 0.15) is 24.5 Å². The van der Waals surface area contributed by atoms with Crippen LogP contribution in [-0.2, 0) is 20.9 Å². The molecule has 0 aliphatic carbocycles. The SMILES string of the molecule is COc1cccc(COC(C)C(=O)NCCC(=O)Nc2cc(Br)ccc2C)c1. The van der Waals surface area contributed by atoms with E-state index >= 15 is 0 Å². The van der Waals surface area contributed by atoms with Gasteiger partial charge >= 0.3 is 0 Å². The molecular formula is C21H25BrN2O4. The zero-order valence-corrected chi connectivity index (χ0v) is 17.8. The third-order valence-electron chi connectivity index (χ3n) is 4.13. The van der Waals surface area contributed by atoms with E-state index in [4.69, 9.17) is 9.47 Å². The average Bonchev–Trinajstić information content (AvgIpc) is 2.69. The Morgan fingerprint density at radius 3 is 2.71 bits per heavy atom. The Morgan fingerprint density at radius 2 is 1.96 bits per heavy atom. The maximum Gasteiger partial charge on any atom is 0.248 e. The van der Waals surface area contributed by atoms with Crippen LogP contribution in [0.2, 0.25) is 0 Å². The Kier molecular flexibility index (Phi) is 8.47. The van der Waals surface area contributed by atoms with Crippen molar-refractivity contribution >= 4 is 33.4 Å². The molecule has 6 nitrogen and oxygen atoms in total. The van der Waals surface area contributed by atoms with Crippen molar-refractivity contribution in [3.05, 3.63) is 58.1 Å². The number of amides is 2. The molecule has 0 bridgehead atoms. The van der Waals surface area contributed by atoms with Crippen LogP contribution in [0.3, 0.4) is 0 Å². The van der Waals surface area contributed by atoms with Crippen LogP contribution in [0.4, 0.5) is 5.69 Å². The highest BCUT2D eigenvalue weighted by Gasteiger charge is 2.14. The van der Waals surface area contributed by atoms with Crippen LogP contribution in [0.5, 0.6) is 5.75 Å². The lowest BCUT2D eigenvalue weighted by molar-refractivity contribution is -0.132. The number of ether oxygens (including phenoxy) is 2. The summed E-state index contributed by atoms with van der Waals surface area (Å²) < 4.78 is 11.7. The number of benzene rings is 2. The van der Waals surface area contributed by atoms with Crippen molar-refractivity contribution < 1.29 is 19.1 Å². The first kappa shape index (κ1) is 21.9. The number of carbonyl (C=O) groups excluding carboxylic acids is 2. The molecule has 0 fully saturated rings. The molecule has 0 aliphatic rings. The highest BCUT2D eigenvalue weighted by Crippen LogP contribution is 2.20. The largest absolute Gasteiger partial charge is 0.497 e. The minimum Gasteiger partial charge on any atom is -0.497 e. The van der Waals surface area contributed by atoms with E-state index in [1.165, 1.54) is 0 Å². The summed E-state index contributed by atoms with van der Waals surface area (Å²) in [5.74, 6) is 0.325. The molecule has 2 aromatic carbocycles. The number of hydrogen-bond acceptors (Lipinski definition) is 4. The lowest BCUT2D eigenvalue weighted by atomic mass is 10.2. The third kappa shape index (κ3) is 6.98. The van der Waals surface area contributed by atoms with Gasteiger partial charge in [-0.15, -0.1) is 0 Å². The van der Waals surface area contributed by atoms with Crippen molar-refractivity contribution in [2.75, 3.05) is 19.0 Å². The fourth-order valence-corrected chi connectivity index (χ4v) is 2.80. The Hall–Kier alpha value is -2.38. The van der Waals surface area contributed by atoms with E-state index in [-0.39, 0.29) is 24.8 Å². The zero-order chi connectivity index (χ0) is 20.5. The molecule has 1 unspecified atom stereocenters. The Balaban J connectivity index is 1.72. The summed E-state index contributed by atoms with van der Waals surface area (Å²) in [5, 5.41) is 5.57. The van der Waals surface area contributed by atoms with E-state index < -0.39 is 6.10 Å². The molecule has 2 amide bonds. The van der Waals surface area contributed by atoms with Crippen molar-refractivity contribution in [1.82, 2.24) is 5.32 Å². The normalized spacial score (nSPS) is 11.6. The number of nitrogens with one attached hydrogen (secondary N) is 2. The summed E-state index contributed by atoms with van der Waals surface area (Å²) in [6, 6.07) is 13.2. The third-order valence-corrected chi connectivity index (χ3v) is 4.62. The number of aryl methyl sites for hydroxylation is 1. The van der Waals surface area contributed by atoms with Gasteiger partial charge in [-0.05, 0) is 49.2 Å².